The van der Waals surface area contributed by atoms with E-state index < -0.39 is 10.0 Å². The summed E-state index contributed by atoms with van der Waals surface area (Å²) >= 11 is 0. The molecule has 0 unspecified atom stereocenters. The number of ether oxygens (including phenoxy) is 1. The largest absolute Gasteiger partial charge is 0.494 e. The molecule has 0 saturated carbocycles. The summed E-state index contributed by atoms with van der Waals surface area (Å²) in [6.07, 6.45) is 1.18. The van der Waals surface area contributed by atoms with Crippen molar-refractivity contribution in [1.29, 1.82) is 0 Å². The van der Waals surface area contributed by atoms with Crippen LogP contribution in [0.1, 0.15) is 30.1 Å². The third-order valence-electron chi connectivity index (χ3n) is 2.46. The summed E-state index contributed by atoms with van der Waals surface area (Å²) in [6, 6.07) is 6.86. The molecule has 0 aliphatic rings. The lowest BCUT2D eigenvalue weighted by Crippen LogP contribution is -2.27. The number of hydrogen-bond donors (Lipinski definition) is 2. The van der Waals surface area contributed by atoms with Crippen molar-refractivity contribution < 1.29 is 17.9 Å². The van der Waals surface area contributed by atoms with Gasteiger partial charge >= 0.3 is 0 Å². The van der Waals surface area contributed by atoms with Crippen LogP contribution in [0, 0.1) is 0 Å². The fraction of sp³-hybridized carbons (Fsp3) is 0.462. The number of sulfonamides is 1. The van der Waals surface area contributed by atoms with Gasteiger partial charge in [0.05, 0.1) is 12.4 Å². The molecule has 0 heterocycles. The Kier molecular flexibility index (Phi) is 6.47. The van der Waals surface area contributed by atoms with Gasteiger partial charge in [0.1, 0.15) is 5.75 Å². The van der Waals surface area contributed by atoms with Crippen molar-refractivity contribution >= 4 is 15.9 Å². The minimum atomic E-state index is -3.47. The van der Waals surface area contributed by atoms with E-state index in [9.17, 15) is 13.2 Å². The molecule has 0 aromatic heterocycles. The highest BCUT2D eigenvalue weighted by atomic mass is 32.2. The predicted octanol–water partition coefficient (Wildman–Crippen LogP) is 0.884. The van der Waals surface area contributed by atoms with Gasteiger partial charge in [-0.1, -0.05) is 13.0 Å². The lowest BCUT2D eigenvalue weighted by Gasteiger charge is -2.08. The Balaban J connectivity index is 2.46. The van der Waals surface area contributed by atoms with Gasteiger partial charge in [0, 0.05) is 12.1 Å². The first kappa shape index (κ1) is 16.5. The van der Waals surface area contributed by atoms with E-state index in [0.29, 0.717) is 17.9 Å². The second-order valence-electron chi connectivity index (χ2n) is 4.35. The molecule has 0 bridgehead atoms. The third kappa shape index (κ3) is 6.53. The zero-order chi connectivity index (χ0) is 15.0. The number of amides is 1. The summed E-state index contributed by atoms with van der Waals surface area (Å²) in [5.41, 5.74) is 0.481. The zero-order valence-electron chi connectivity index (χ0n) is 11.5. The van der Waals surface area contributed by atoms with E-state index in [2.05, 4.69) is 5.32 Å². The van der Waals surface area contributed by atoms with Crippen molar-refractivity contribution in [2.24, 2.45) is 5.14 Å². The Morgan fingerprint density at radius 2 is 2.15 bits per heavy atom. The Labute approximate surface area is 119 Å². The van der Waals surface area contributed by atoms with Crippen LogP contribution in [0.15, 0.2) is 24.3 Å². The van der Waals surface area contributed by atoms with E-state index in [0.717, 1.165) is 6.42 Å². The average Bonchev–Trinajstić information content (AvgIpc) is 2.40. The number of rotatable bonds is 8. The quantitative estimate of drug-likeness (QED) is 0.696. The van der Waals surface area contributed by atoms with Crippen LogP contribution in [0.2, 0.25) is 0 Å². The van der Waals surface area contributed by atoms with Gasteiger partial charge in [-0.3, -0.25) is 4.79 Å². The second kappa shape index (κ2) is 7.86. The number of carbonyl (C=O) groups is 1. The van der Waals surface area contributed by atoms with E-state index in [-0.39, 0.29) is 24.6 Å². The van der Waals surface area contributed by atoms with Crippen molar-refractivity contribution in [2.75, 3.05) is 18.9 Å². The lowest BCUT2D eigenvalue weighted by molar-refractivity contribution is 0.0953. The minimum absolute atomic E-state index is 0.146. The molecular weight excluding hydrogens is 280 g/mol. The summed E-state index contributed by atoms with van der Waals surface area (Å²) in [4.78, 5) is 11.8. The maximum absolute atomic E-state index is 11.8. The molecule has 1 rings (SSSR count). The number of primary sulfonamides is 1. The molecule has 7 heteroatoms. The highest BCUT2D eigenvalue weighted by Gasteiger charge is 2.07. The maximum atomic E-state index is 11.8. The van der Waals surface area contributed by atoms with Crippen LogP contribution < -0.4 is 15.2 Å². The molecule has 1 amide bonds. The molecule has 0 aliphatic carbocycles. The molecular formula is C13H20N2O4S. The third-order valence-corrected chi connectivity index (χ3v) is 3.32. The van der Waals surface area contributed by atoms with Gasteiger partial charge in [-0.2, -0.15) is 0 Å². The number of hydrogen-bond acceptors (Lipinski definition) is 4. The van der Waals surface area contributed by atoms with Crippen LogP contribution in [0.4, 0.5) is 0 Å². The van der Waals surface area contributed by atoms with Gasteiger partial charge in [-0.25, -0.2) is 13.6 Å². The molecule has 0 saturated heterocycles. The second-order valence-corrected chi connectivity index (χ2v) is 6.09. The van der Waals surface area contributed by atoms with E-state index >= 15 is 0 Å². The van der Waals surface area contributed by atoms with Crippen molar-refractivity contribution in [2.45, 2.75) is 19.8 Å². The number of benzene rings is 1. The summed E-state index contributed by atoms with van der Waals surface area (Å²) in [7, 11) is -3.47. The van der Waals surface area contributed by atoms with E-state index in [1.54, 1.807) is 24.3 Å². The Hall–Kier alpha value is -1.60. The van der Waals surface area contributed by atoms with Gasteiger partial charge < -0.3 is 10.1 Å². The molecule has 3 N–H and O–H groups in total. The standard InChI is InChI=1S/C13H20N2O4S/c1-2-8-19-12-6-3-5-11(10-12)13(16)15-7-4-9-20(14,17)18/h3,5-6,10H,2,4,7-9H2,1H3,(H,15,16)(H2,14,17,18). The van der Waals surface area contributed by atoms with Crippen molar-refractivity contribution in [3.63, 3.8) is 0 Å². The number of carbonyl (C=O) groups excluding carboxylic acids is 1. The molecule has 1 aromatic carbocycles. The monoisotopic (exact) mass is 300 g/mol. The van der Waals surface area contributed by atoms with E-state index in [4.69, 9.17) is 9.88 Å². The summed E-state index contributed by atoms with van der Waals surface area (Å²) in [5.74, 6) is 0.234. The van der Waals surface area contributed by atoms with Gasteiger partial charge in [-0.15, -0.1) is 0 Å². The van der Waals surface area contributed by atoms with Gasteiger partial charge in [-0.05, 0) is 31.0 Å². The van der Waals surface area contributed by atoms with Gasteiger partial charge in [0.2, 0.25) is 10.0 Å². The van der Waals surface area contributed by atoms with Gasteiger partial charge in [0.25, 0.3) is 5.91 Å². The number of nitrogens with one attached hydrogen (secondary N) is 1. The summed E-state index contributed by atoms with van der Waals surface area (Å²) in [5, 5.41) is 7.51. The molecule has 20 heavy (non-hydrogen) atoms. The summed E-state index contributed by atoms with van der Waals surface area (Å²) in [6.45, 7) is 2.86. The van der Waals surface area contributed by atoms with Crippen LogP contribution in [0.3, 0.4) is 0 Å². The van der Waals surface area contributed by atoms with E-state index in [1.807, 2.05) is 6.92 Å². The normalized spacial score (nSPS) is 11.1. The molecule has 0 fully saturated rings. The van der Waals surface area contributed by atoms with Crippen LogP contribution in [0.5, 0.6) is 5.75 Å². The Morgan fingerprint density at radius 3 is 2.80 bits per heavy atom. The Bertz CT molecular complexity index is 543. The molecule has 1 aromatic rings. The minimum Gasteiger partial charge on any atom is -0.494 e. The van der Waals surface area contributed by atoms with E-state index in [1.165, 1.54) is 0 Å². The van der Waals surface area contributed by atoms with Gasteiger partial charge in [0.15, 0.2) is 0 Å². The molecule has 6 nitrogen and oxygen atoms in total. The van der Waals surface area contributed by atoms with Crippen molar-refractivity contribution in [1.82, 2.24) is 5.32 Å². The zero-order valence-corrected chi connectivity index (χ0v) is 12.3. The van der Waals surface area contributed by atoms with Crippen LogP contribution in [-0.2, 0) is 10.0 Å². The fourth-order valence-electron chi connectivity index (χ4n) is 1.52. The topological polar surface area (TPSA) is 98.5 Å². The van der Waals surface area contributed by atoms with Crippen LogP contribution >= 0.6 is 0 Å². The SMILES string of the molecule is CCCOc1cccc(C(=O)NCCCS(N)(=O)=O)c1. The van der Waals surface area contributed by atoms with Crippen LogP contribution in [-0.4, -0.2) is 33.2 Å². The molecule has 112 valence electrons. The van der Waals surface area contributed by atoms with Crippen molar-refractivity contribution in [3.8, 4) is 5.75 Å². The smallest absolute Gasteiger partial charge is 0.251 e. The first-order valence-electron chi connectivity index (χ1n) is 6.44. The summed E-state index contributed by atoms with van der Waals surface area (Å²) < 4.78 is 26.9. The molecule has 0 aliphatic heterocycles. The Morgan fingerprint density at radius 1 is 1.40 bits per heavy atom. The first-order valence-corrected chi connectivity index (χ1v) is 8.15. The predicted molar refractivity (Wildman–Crippen MR) is 77.2 cm³/mol. The maximum Gasteiger partial charge on any atom is 0.251 e. The average molecular weight is 300 g/mol. The van der Waals surface area contributed by atoms with Crippen LogP contribution in [0.25, 0.3) is 0 Å². The van der Waals surface area contributed by atoms with Crippen molar-refractivity contribution in [3.05, 3.63) is 29.8 Å². The number of nitrogens with two attached hydrogens (primary N) is 1. The lowest BCUT2D eigenvalue weighted by atomic mass is 10.2. The molecule has 0 radical (unpaired) electrons. The fourth-order valence-corrected chi connectivity index (χ4v) is 2.07. The first-order chi connectivity index (χ1) is 9.42. The highest BCUT2D eigenvalue weighted by Crippen LogP contribution is 2.13. The highest BCUT2D eigenvalue weighted by molar-refractivity contribution is 7.89. The molecule has 0 spiro atoms. The molecule has 0 atom stereocenters.